The second kappa shape index (κ2) is 7.83. The number of hydrogen-bond donors (Lipinski definition) is 0. The molecule has 0 saturated heterocycles. The van der Waals surface area contributed by atoms with Crippen LogP contribution in [0.5, 0.6) is 0 Å². The Hall–Kier alpha value is -4.34. The van der Waals surface area contributed by atoms with E-state index < -0.39 is 0 Å². The first-order chi connectivity index (χ1) is 18.3. The Balaban J connectivity index is 1.60. The van der Waals surface area contributed by atoms with Gasteiger partial charge in [-0.2, -0.15) is 0 Å². The molecule has 0 bridgehead atoms. The lowest BCUT2D eigenvalue weighted by molar-refractivity contribution is 0.670. The highest BCUT2D eigenvalue weighted by Gasteiger charge is 2.22. The molecule has 0 aliphatic rings. The van der Waals surface area contributed by atoms with Gasteiger partial charge in [0.05, 0.1) is 16.4 Å². The van der Waals surface area contributed by atoms with E-state index in [0.717, 1.165) is 43.2 Å². The van der Waals surface area contributed by atoms with Crippen LogP contribution in [0.4, 0.5) is 0 Å². The molecule has 0 fully saturated rings. The van der Waals surface area contributed by atoms with Gasteiger partial charge in [-0.3, -0.25) is 0 Å². The molecule has 0 N–H and O–H groups in total. The van der Waals surface area contributed by atoms with Crippen molar-refractivity contribution in [3.63, 3.8) is 0 Å². The van der Waals surface area contributed by atoms with Crippen molar-refractivity contribution >= 4 is 70.4 Å². The molecule has 0 aliphatic heterocycles. The van der Waals surface area contributed by atoms with Crippen LogP contribution in [0.25, 0.3) is 71.3 Å². The minimum atomic E-state index is 0.902. The molecule has 0 radical (unpaired) electrons. The minimum Gasteiger partial charge on any atom is -0.455 e. The zero-order valence-corrected chi connectivity index (χ0v) is 21.4. The van der Waals surface area contributed by atoms with Crippen molar-refractivity contribution in [3.8, 4) is 16.8 Å². The van der Waals surface area contributed by atoms with E-state index in [-0.39, 0.29) is 0 Å². The monoisotopic (exact) mass is 537 g/mol. The second-order valence-corrected chi connectivity index (χ2v) is 10.4. The van der Waals surface area contributed by atoms with Crippen molar-refractivity contribution in [1.29, 1.82) is 0 Å². The molecule has 2 heterocycles. The van der Waals surface area contributed by atoms with Crippen molar-refractivity contribution in [2.24, 2.45) is 0 Å². The maximum Gasteiger partial charge on any atom is 0.145 e. The van der Waals surface area contributed by atoms with Crippen molar-refractivity contribution in [1.82, 2.24) is 4.57 Å². The smallest absolute Gasteiger partial charge is 0.145 e. The fourth-order valence-corrected chi connectivity index (χ4v) is 6.03. The van der Waals surface area contributed by atoms with Crippen LogP contribution >= 0.6 is 15.9 Å². The zero-order chi connectivity index (χ0) is 24.5. The molecule has 0 amide bonds. The van der Waals surface area contributed by atoms with Gasteiger partial charge in [-0.05, 0) is 58.8 Å². The van der Waals surface area contributed by atoms with Gasteiger partial charge in [0, 0.05) is 31.9 Å². The average molecular weight is 538 g/mol. The minimum absolute atomic E-state index is 0.902. The van der Waals surface area contributed by atoms with E-state index in [1.807, 2.05) is 6.07 Å². The molecule has 8 aromatic rings. The van der Waals surface area contributed by atoms with E-state index in [0.29, 0.717) is 0 Å². The van der Waals surface area contributed by atoms with Crippen LogP contribution in [0.2, 0.25) is 0 Å². The first-order valence-electron chi connectivity index (χ1n) is 12.4. The predicted molar refractivity (Wildman–Crippen MR) is 159 cm³/mol. The number of para-hydroxylation sites is 2. The molecular formula is C34H20BrNO. The maximum absolute atomic E-state index is 6.61. The summed E-state index contributed by atoms with van der Waals surface area (Å²) in [4.78, 5) is 0. The van der Waals surface area contributed by atoms with E-state index in [4.69, 9.17) is 4.42 Å². The molecular weight excluding hydrogens is 518 g/mol. The van der Waals surface area contributed by atoms with Gasteiger partial charge in [0.1, 0.15) is 11.2 Å². The van der Waals surface area contributed by atoms with Crippen LogP contribution in [-0.2, 0) is 0 Å². The SMILES string of the molecule is Brc1ccc(-c2cc3c4ccccc4n(-c4ccc5ccccc5c4)c3c3c2oc2ccccc23)cc1. The summed E-state index contributed by atoms with van der Waals surface area (Å²) in [5.74, 6) is 0. The number of nitrogens with zero attached hydrogens (tertiary/aromatic N) is 1. The highest BCUT2D eigenvalue weighted by molar-refractivity contribution is 9.10. The molecule has 3 heteroatoms. The third kappa shape index (κ3) is 3.04. The quantitative estimate of drug-likeness (QED) is 0.214. The maximum atomic E-state index is 6.61. The van der Waals surface area contributed by atoms with E-state index in [1.165, 1.54) is 32.6 Å². The number of halogens is 1. The molecule has 8 rings (SSSR count). The molecule has 0 spiro atoms. The Morgan fingerprint density at radius 1 is 0.595 bits per heavy atom. The molecule has 0 unspecified atom stereocenters. The first-order valence-corrected chi connectivity index (χ1v) is 13.2. The largest absolute Gasteiger partial charge is 0.455 e. The summed E-state index contributed by atoms with van der Waals surface area (Å²) in [7, 11) is 0. The summed E-state index contributed by atoms with van der Waals surface area (Å²) in [5, 5.41) is 7.20. The number of furan rings is 1. The van der Waals surface area contributed by atoms with Gasteiger partial charge in [0.25, 0.3) is 0 Å². The summed E-state index contributed by atoms with van der Waals surface area (Å²) < 4.78 is 10.1. The average Bonchev–Trinajstić information content (AvgIpc) is 3.49. The van der Waals surface area contributed by atoms with Gasteiger partial charge < -0.3 is 8.98 Å². The van der Waals surface area contributed by atoms with Crippen LogP contribution in [0.1, 0.15) is 0 Å². The van der Waals surface area contributed by atoms with Crippen LogP contribution < -0.4 is 0 Å². The van der Waals surface area contributed by atoms with Crippen molar-refractivity contribution in [2.75, 3.05) is 0 Å². The van der Waals surface area contributed by atoms with Gasteiger partial charge in [0.2, 0.25) is 0 Å². The Kier molecular flexibility index (Phi) is 4.40. The topological polar surface area (TPSA) is 18.1 Å². The van der Waals surface area contributed by atoms with Crippen molar-refractivity contribution in [2.45, 2.75) is 0 Å². The highest BCUT2D eigenvalue weighted by Crippen LogP contribution is 2.45. The standard InChI is InChI=1S/C34H20BrNO/c35-24-16-13-22(14-17-24)28-20-29-26-9-3-5-11-30(26)36(25-18-15-21-7-1-2-8-23(21)19-25)33(29)32-27-10-4-6-12-31(27)37-34(28)32/h1-20H. The Bertz CT molecular complexity index is 2150. The lowest BCUT2D eigenvalue weighted by Gasteiger charge is -2.11. The highest BCUT2D eigenvalue weighted by atomic mass is 79.9. The summed E-state index contributed by atoms with van der Waals surface area (Å²) >= 11 is 3.59. The first kappa shape index (κ1) is 20.8. The number of aromatic nitrogens is 1. The van der Waals surface area contributed by atoms with Crippen LogP contribution in [0.3, 0.4) is 0 Å². The molecule has 174 valence electrons. The van der Waals surface area contributed by atoms with E-state index >= 15 is 0 Å². The van der Waals surface area contributed by atoms with Gasteiger partial charge in [-0.15, -0.1) is 0 Å². The van der Waals surface area contributed by atoms with Gasteiger partial charge in [0.15, 0.2) is 0 Å². The van der Waals surface area contributed by atoms with Crippen molar-refractivity contribution < 1.29 is 4.42 Å². The summed E-state index contributed by atoms with van der Waals surface area (Å²) in [6.45, 7) is 0. The lowest BCUT2D eigenvalue weighted by atomic mass is 9.98. The molecule has 6 aromatic carbocycles. The second-order valence-electron chi connectivity index (χ2n) is 9.51. The number of benzene rings is 6. The molecule has 37 heavy (non-hydrogen) atoms. The predicted octanol–water partition coefficient (Wildman–Crippen LogP) is 10.3. The van der Waals surface area contributed by atoms with E-state index in [9.17, 15) is 0 Å². The lowest BCUT2D eigenvalue weighted by Crippen LogP contribution is -1.94. The van der Waals surface area contributed by atoms with Gasteiger partial charge >= 0.3 is 0 Å². The van der Waals surface area contributed by atoms with Crippen LogP contribution in [0, 0.1) is 0 Å². The Morgan fingerprint density at radius 3 is 2.19 bits per heavy atom. The molecule has 0 aliphatic carbocycles. The van der Waals surface area contributed by atoms with Crippen LogP contribution in [-0.4, -0.2) is 4.57 Å². The number of fused-ring (bicyclic) bond motifs is 8. The summed E-state index contributed by atoms with van der Waals surface area (Å²) in [5.41, 5.74) is 7.57. The van der Waals surface area contributed by atoms with Gasteiger partial charge in [-0.1, -0.05) is 94.8 Å². The fourth-order valence-electron chi connectivity index (χ4n) is 5.77. The molecule has 2 nitrogen and oxygen atoms in total. The van der Waals surface area contributed by atoms with E-state index in [1.54, 1.807) is 0 Å². The summed E-state index contributed by atoms with van der Waals surface area (Å²) in [6, 6.07) is 43.1. The fraction of sp³-hybridized carbons (Fsp3) is 0. The number of rotatable bonds is 2. The molecule has 2 aromatic heterocycles. The summed E-state index contributed by atoms with van der Waals surface area (Å²) in [6.07, 6.45) is 0. The van der Waals surface area contributed by atoms with Crippen molar-refractivity contribution in [3.05, 3.63) is 126 Å². The van der Waals surface area contributed by atoms with Gasteiger partial charge in [-0.25, -0.2) is 0 Å². The normalized spacial score (nSPS) is 11.9. The van der Waals surface area contributed by atoms with E-state index in [2.05, 4.69) is 136 Å². The van der Waals surface area contributed by atoms with Crippen LogP contribution in [0.15, 0.2) is 130 Å². The Morgan fingerprint density at radius 2 is 1.32 bits per heavy atom. The third-order valence-corrected chi connectivity index (χ3v) is 7.95. The zero-order valence-electron chi connectivity index (χ0n) is 19.8. The molecule has 0 saturated carbocycles. The number of hydrogen-bond acceptors (Lipinski definition) is 1. The third-order valence-electron chi connectivity index (χ3n) is 7.43. The molecule has 0 atom stereocenters. The Labute approximate surface area is 221 Å².